The Labute approximate surface area is 290 Å². The van der Waals surface area contributed by atoms with E-state index in [1.54, 1.807) is 18.3 Å². The van der Waals surface area contributed by atoms with Crippen LogP contribution in [0.3, 0.4) is 0 Å². The molecule has 10 heteroatoms. The van der Waals surface area contributed by atoms with Crippen molar-refractivity contribution in [1.29, 1.82) is 0 Å². The molecule has 0 saturated carbocycles. The maximum Gasteiger partial charge on any atom is 0.248 e. The van der Waals surface area contributed by atoms with E-state index in [2.05, 4.69) is 44.5 Å². The Bertz CT molecular complexity index is 1990. The smallest absolute Gasteiger partial charge is 0.248 e. The first kappa shape index (κ1) is 34.8. The average molecular weight is 675 g/mol. The maximum atomic E-state index is 11.9. The van der Waals surface area contributed by atoms with Crippen LogP contribution < -0.4 is 10.9 Å². The van der Waals surface area contributed by atoms with Crippen LogP contribution in [-0.4, -0.2) is 63.5 Å². The van der Waals surface area contributed by atoms with Gasteiger partial charge in [0.1, 0.15) is 11.5 Å². The molecule has 50 heavy (non-hydrogen) atoms. The molecule has 0 amide bonds. The number of hydrogen-bond acceptors (Lipinski definition) is 9. The summed E-state index contributed by atoms with van der Waals surface area (Å²) in [6.45, 7) is 3.27. The summed E-state index contributed by atoms with van der Waals surface area (Å²) in [6.07, 6.45) is 1.65. The third-order valence-electron chi connectivity index (χ3n) is 8.78. The van der Waals surface area contributed by atoms with Gasteiger partial charge in [-0.15, -0.1) is 0 Å². The zero-order valence-corrected chi connectivity index (χ0v) is 28.0. The number of aromatic nitrogens is 2. The van der Waals surface area contributed by atoms with Crippen molar-refractivity contribution in [2.45, 2.75) is 31.2 Å². The number of aliphatic hydroxyl groups excluding tert-OH is 1. The monoisotopic (exact) mass is 674 g/mol. The zero-order valence-electron chi connectivity index (χ0n) is 28.0. The van der Waals surface area contributed by atoms with Crippen molar-refractivity contribution in [2.75, 3.05) is 33.4 Å². The zero-order chi connectivity index (χ0) is 34.9. The van der Waals surface area contributed by atoms with Gasteiger partial charge in [0.25, 0.3) is 0 Å². The minimum absolute atomic E-state index is 0.0321. The summed E-state index contributed by atoms with van der Waals surface area (Å²) in [5.41, 5.74) is 2.76. The minimum Gasteiger partial charge on any atom is -0.506 e. The number of ether oxygens (including phenoxy) is 1. The van der Waals surface area contributed by atoms with E-state index < -0.39 is 11.7 Å². The highest BCUT2D eigenvalue weighted by Crippen LogP contribution is 2.36. The molecule has 0 unspecified atom stereocenters. The van der Waals surface area contributed by atoms with Gasteiger partial charge in [-0.1, -0.05) is 91.0 Å². The summed E-state index contributed by atoms with van der Waals surface area (Å²) in [5.74, 6) is 0.856. The van der Waals surface area contributed by atoms with E-state index in [-0.39, 0.29) is 17.2 Å². The molecule has 4 aromatic carbocycles. The van der Waals surface area contributed by atoms with Crippen LogP contribution >= 0.6 is 0 Å². The Morgan fingerprint density at radius 1 is 0.900 bits per heavy atom. The number of rotatable bonds is 16. The summed E-state index contributed by atoms with van der Waals surface area (Å²) in [7, 11) is 1.99. The molecule has 258 valence electrons. The lowest BCUT2D eigenvalue weighted by Gasteiger charge is -2.26. The highest BCUT2D eigenvalue weighted by Gasteiger charge is 2.38. The highest BCUT2D eigenvalue weighted by atomic mass is 16.5. The van der Waals surface area contributed by atoms with Crippen molar-refractivity contribution in [2.24, 2.45) is 0 Å². The number of aliphatic hydroxyl groups is 2. The molecule has 0 radical (unpaired) electrons. The molecular formula is C40H42N4O6. The SMILES string of the molecule is CN(CCOCCc1ccc(CNC[C@H](O)c2ccc(O)c3[nH]c(=O)ccc23)cc1)Cc1cnc(C(O)(c2ccccc2)c2ccccc2)o1. The fourth-order valence-corrected chi connectivity index (χ4v) is 6.01. The van der Waals surface area contributed by atoms with Crippen molar-refractivity contribution >= 4 is 10.9 Å². The van der Waals surface area contributed by atoms with Gasteiger partial charge in [-0.25, -0.2) is 4.98 Å². The number of aromatic amines is 1. The van der Waals surface area contributed by atoms with Gasteiger partial charge in [0.05, 0.1) is 37.6 Å². The molecule has 0 fully saturated rings. The van der Waals surface area contributed by atoms with Crippen LogP contribution in [0.2, 0.25) is 0 Å². The van der Waals surface area contributed by atoms with E-state index in [9.17, 15) is 20.1 Å². The van der Waals surface area contributed by atoms with Crippen molar-refractivity contribution in [3.63, 3.8) is 0 Å². The maximum absolute atomic E-state index is 11.9. The molecule has 1 atom stereocenters. The fraction of sp³-hybridized carbons (Fsp3) is 0.250. The molecular weight excluding hydrogens is 632 g/mol. The second-order valence-corrected chi connectivity index (χ2v) is 12.4. The Balaban J connectivity index is 0.921. The number of fused-ring (bicyclic) bond motifs is 1. The predicted octanol–water partition coefficient (Wildman–Crippen LogP) is 5.02. The van der Waals surface area contributed by atoms with E-state index in [1.807, 2.05) is 67.7 Å². The third kappa shape index (κ3) is 8.19. The Kier molecular flexibility index (Phi) is 11.2. The summed E-state index contributed by atoms with van der Waals surface area (Å²) in [5, 5.41) is 36.7. The minimum atomic E-state index is -1.51. The molecule has 0 saturated heterocycles. The van der Waals surface area contributed by atoms with Crippen LogP contribution in [0.5, 0.6) is 5.75 Å². The summed E-state index contributed by atoms with van der Waals surface area (Å²) < 4.78 is 12.0. The summed E-state index contributed by atoms with van der Waals surface area (Å²) in [6, 6.07) is 33.3. The van der Waals surface area contributed by atoms with Crippen LogP contribution in [0, 0.1) is 0 Å². The second kappa shape index (κ2) is 16.1. The van der Waals surface area contributed by atoms with Gasteiger partial charge in [0.15, 0.2) is 5.60 Å². The Morgan fingerprint density at radius 2 is 1.58 bits per heavy atom. The third-order valence-corrected chi connectivity index (χ3v) is 8.78. The number of phenols is 1. The number of likely N-dealkylation sites (N-methyl/N-ethyl adjacent to an activating group) is 1. The largest absolute Gasteiger partial charge is 0.506 e. The van der Waals surface area contributed by atoms with Gasteiger partial charge >= 0.3 is 0 Å². The average Bonchev–Trinajstić information content (AvgIpc) is 3.61. The van der Waals surface area contributed by atoms with E-state index in [0.717, 1.165) is 12.0 Å². The molecule has 0 spiro atoms. The van der Waals surface area contributed by atoms with E-state index in [4.69, 9.17) is 9.15 Å². The normalized spacial score (nSPS) is 12.5. The lowest BCUT2D eigenvalue weighted by atomic mass is 9.86. The van der Waals surface area contributed by atoms with Crippen molar-refractivity contribution in [3.05, 3.63) is 165 Å². The summed E-state index contributed by atoms with van der Waals surface area (Å²) in [4.78, 5) is 20.9. The molecule has 6 aromatic rings. The molecule has 10 nitrogen and oxygen atoms in total. The Morgan fingerprint density at radius 3 is 2.28 bits per heavy atom. The number of pyridine rings is 1. The van der Waals surface area contributed by atoms with Crippen LogP contribution in [0.1, 0.15) is 45.6 Å². The van der Waals surface area contributed by atoms with Crippen molar-refractivity contribution < 1.29 is 24.5 Å². The van der Waals surface area contributed by atoms with Gasteiger partial charge in [-0.05, 0) is 53.4 Å². The predicted molar refractivity (Wildman–Crippen MR) is 192 cm³/mol. The van der Waals surface area contributed by atoms with E-state index >= 15 is 0 Å². The number of aromatic hydroxyl groups is 1. The first-order valence-corrected chi connectivity index (χ1v) is 16.7. The lowest BCUT2D eigenvalue weighted by molar-refractivity contribution is 0.0876. The molecule has 0 bridgehead atoms. The quantitative estimate of drug-likeness (QED) is 0.0895. The number of H-pyrrole nitrogens is 1. The van der Waals surface area contributed by atoms with Gasteiger partial charge in [0, 0.05) is 31.1 Å². The van der Waals surface area contributed by atoms with Gasteiger partial charge in [-0.2, -0.15) is 0 Å². The van der Waals surface area contributed by atoms with E-state index in [0.29, 0.717) is 72.7 Å². The molecule has 0 aliphatic rings. The second-order valence-electron chi connectivity index (χ2n) is 12.4. The van der Waals surface area contributed by atoms with Crippen molar-refractivity contribution in [1.82, 2.24) is 20.2 Å². The molecule has 2 aromatic heterocycles. The fourth-order valence-electron chi connectivity index (χ4n) is 6.01. The Hall–Kier alpha value is -5.10. The number of phenolic OH excluding ortho intramolecular Hbond substituents is 1. The molecule has 0 aliphatic heterocycles. The van der Waals surface area contributed by atoms with Crippen LogP contribution in [0.15, 0.2) is 125 Å². The lowest BCUT2D eigenvalue weighted by Crippen LogP contribution is -2.29. The van der Waals surface area contributed by atoms with Gasteiger partial charge in [-0.3, -0.25) is 9.69 Å². The number of nitrogens with one attached hydrogen (secondary N) is 2. The molecule has 5 N–H and O–H groups in total. The number of benzene rings is 4. The highest BCUT2D eigenvalue weighted by molar-refractivity contribution is 5.87. The van der Waals surface area contributed by atoms with Crippen molar-refractivity contribution in [3.8, 4) is 5.75 Å². The summed E-state index contributed by atoms with van der Waals surface area (Å²) >= 11 is 0. The first-order chi connectivity index (χ1) is 24.3. The van der Waals surface area contributed by atoms with Crippen LogP contribution in [-0.2, 0) is 29.8 Å². The van der Waals surface area contributed by atoms with E-state index in [1.165, 1.54) is 17.7 Å². The van der Waals surface area contributed by atoms with Gasteiger partial charge < -0.3 is 34.8 Å². The topological polar surface area (TPSA) is 144 Å². The van der Waals surface area contributed by atoms with Crippen LogP contribution in [0.4, 0.5) is 0 Å². The number of nitrogens with zero attached hydrogens (tertiary/aromatic N) is 2. The van der Waals surface area contributed by atoms with Gasteiger partial charge in [0.2, 0.25) is 11.4 Å². The number of oxazole rings is 1. The standard InChI is InChI=1S/C40H42N4O6/c1-44(27-32-25-42-39(50-32)40(48,30-8-4-2-5-9-30)31-10-6-3-7-11-31)21-23-49-22-20-28-12-14-29(15-13-28)24-41-26-36(46)33-16-18-35(45)38-34(33)17-19-37(47)43-38/h2-19,25,36,41,45-46,48H,20-24,26-27H2,1H3,(H,43,47)/t36-/m0/s1. The molecule has 2 heterocycles. The molecule has 6 rings (SSSR count). The van der Waals surface area contributed by atoms with Crippen LogP contribution in [0.25, 0.3) is 10.9 Å². The number of hydrogen-bond donors (Lipinski definition) is 5. The first-order valence-electron chi connectivity index (χ1n) is 16.7. The molecule has 0 aliphatic carbocycles.